The van der Waals surface area contributed by atoms with Crippen LogP contribution in [0.5, 0.6) is 5.75 Å². The number of benzene rings is 2. The van der Waals surface area contributed by atoms with E-state index < -0.39 is 11.2 Å². The van der Waals surface area contributed by atoms with E-state index in [1.165, 1.54) is 13.3 Å². The zero-order valence-corrected chi connectivity index (χ0v) is 18.3. The average Bonchev–Trinajstić information content (AvgIpc) is 2.80. The number of methoxy groups -OCH3 is 1. The molecule has 10 heteroatoms. The Morgan fingerprint density at radius 3 is 2.56 bits per heavy atom. The van der Waals surface area contributed by atoms with E-state index in [0.29, 0.717) is 29.2 Å². The average molecular weight is 455 g/mol. The van der Waals surface area contributed by atoms with Gasteiger partial charge in [-0.3, -0.25) is 9.59 Å². The molecule has 1 heterocycles. The summed E-state index contributed by atoms with van der Waals surface area (Å²) in [5, 5.41) is 13.0. The summed E-state index contributed by atoms with van der Waals surface area (Å²) in [7, 11) is 1.32. The van der Waals surface area contributed by atoms with Gasteiger partial charge in [0.1, 0.15) is 11.0 Å². The van der Waals surface area contributed by atoms with Crippen LogP contribution in [-0.4, -0.2) is 48.1 Å². The summed E-state index contributed by atoms with van der Waals surface area (Å²) in [6.07, 6.45) is 1.51. The Labute approximate surface area is 189 Å². The van der Waals surface area contributed by atoms with Crippen molar-refractivity contribution < 1.29 is 23.9 Å². The lowest BCUT2D eigenvalue weighted by atomic mass is 10.1. The van der Waals surface area contributed by atoms with Gasteiger partial charge in [0.2, 0.25) is 11.8 Å². The second-order valence-electron chi connectivity index (χ2n) is 6.57. The molecule has 3 rings (SSSR count). The number of nitrogens with zero attached hydrogens (tertiary/aromatic N) is 2. The Morgan fingerprint density at radius 1 is 1.19 bits per heavy atom. The highest BCUT2D eigenvalue weighted by atomic mass is 32.2. The molecule has 0 radical (unpaired) electrons. The van der Waals surface area contributed by atoms with Crippen LogP contribution in [-0.2, 0) is 14.3 Å². The molecule has 0 spiro atoms. The van der Waals surface area contributed by atoms with E-state index in [1.807, 2.05) is 6.92 Å². The lowest BCUT2D eigenvalue weighted by molar-refractivity contribution is -0.123. The molecule has 1 atom stereocenters. The predicted octanol–water partition coefficient (Wildman–Crippen LogP) is 2.82. The van der Waals surface area contributed by atoms with Crippen LogP contribution in [0.3, 0.4) is 0 Å². The highest BCUT2D eigenvalue weighted by Crippen LogP contribution is 2.23. The summed E-state index contributed by atoms with van der Waals surface area (Å²) in [6.45, 7) is 2.45. The minimum Gasteiger partial charge on any atom is -0.494 e. The number of nitrogens with one attached hydrogen (secondary N) is 2. The third-order valence-corrected chi connectivity index (χ3v) is 5.36. The number of rotatable bonds is 7. The summed E-state index contributed by atoms with van der Waals surface area (Å²) in [6, 6.07) is 13.6. The van der Waals surface area contributed by atoms with Crippen molar-refractivity contribution in [2.75, 3.05) is 19.0 Å². The number of ether oxygens (including phenoxy) is 2. The first-order chi connectivity index (χ1) is 15.5. The SMILES string of the molecule is CCOc1ccc(NC(=O)[C@@H]2CC(=O)NC(=N/N=C\c3ccc(C(=O)OC)cc3)S2)cc1. The normalized spacial score (nSPS) is 17.1. The molecule has 1 fully saturated rings. The van der Waals surface area contributed by atoms with Crippen molar-refractivity contribution in [1.29, 1.82) is 0 Å². The van der Waals surface area contributed by atoms with Gasteiger partial charge in [0.15, 0.2) is 5.17 Å². The number of thioether (sulfide) groups is 1. The van der Waals surface area contributed by atoms with Gasteiger partial charge in [-0.1, -0.05) is 23.9 Å². The minimum atomic E-state index is -0.636. The summed E-state index contributed by atoms with van der Waals surface area (Å²) < 4.78 is 10.0. The van der Waals surface area contributed by atoms with Crippen molar-refractivity contribution in [1.82, 2.24) is 5.32 Å². The van der Waals surface area contributed by atoms with Gasteiger partial charge >= 0.3 is 5.97 Å². The number of amidine groups is 1. The molecule has 0 saturated carbocycles. The molecule has 0 aromatic heterocycles. The highest BCUT2D eigenvalue weighted by molar-refractivity contribution is 8.15. The van der Waals surface area contributed by atoms with Crippen molar-refractivity contribution in [2.45, 2.75) is 18.6 Å². The van der Waals surface area contributed by atoms with Gasteiger partial charge < -0.3 is 20.1 Å². The molecule has 32 heavy (non-hydrogen) atoms. The molecule has 2 amide bonds. The molecular weight excluding hydrogens is 432 g/mol. The van der Waals surface area contributed by atoms with Gasteiger partial charge in [-0.15, -0.1) is 5.10 Å². The quantitative estimate of drug-likeness (QED) is 0.377. The molecule has 1 aliphatic heterocycles. The van der Waals surface area contributed by atoms with Gasteiger partial charge in [0.25, 0.3) is 0 Å². The number of carbonyl (C=O) groups is 3. The Morgan fingerprint density at radius 2 is 1.91 bits per heavy atom. The monoisotopic (exact) mass is 454 g/mol. The van der Waals surface area contributed by atoms with Crippen LogP contribution in [0.15, 0.2) is 58.7 Å². The van der Waals surface area contributed by atoms with Crippen molar-refractivity contribution in [2.24, 2.45) is 10.2 Å². The largest absolute Gasteiger partial charge is 0.494 e. The first-order valence-electron chi connectivity index (χ1n) is 9.78. The fourth-order valence-corrected chi connectivity index (χ4v) is 3.67. The number of anilines is 1. The predicted molar refractivity (Wildman–Crippen MR) is 123 cm³/mol. The molecule has 0 unspecified atom stereocenters. The van der Waals surface area contributed by atoms with E-state index in [9.17, 15) is 14.4 Å². The van der Waals surface area contributed by atoms with E-state index >= 15 is 0 Å². The van der Waals surface area contributed by atoms with E-state index in [4.69, 9.17) is 4.74 Å². The van der Waals surface area contributed by atoms with Crippen molar-refractivity contribution >= 4 is 46.6 Å². The van der Waals surface area contributed by atoms with Gasteiger partial charge in [-0.2, -0.15) is 5.10 Å². The molecule has 2 aromatic carbocycles. The van der Waals surface area contributed by atoms with E-state index in [-0.39, 0.29) is 23.4 Å². The van der Waals surface area contributed by atoms with Crippen LogP contribution in [0.4, 0.5) is 5.69 Å². The maximum Gasteiger partial charge on any atom is 0.337 e. The van der Waals surface area contributed by atoms with E-state index in [1.54, 1.807) is 48.5 Å². The van der Waals surface area contributed by atoms with Crippen LogP contribution >= 0.6 is 11.8 Å². The number of carbonyl (C=O) groups excluding carboxylic acids is 3. The fourth-order valence-electron chi connectivity index (χ4n) is 2.73. The Hall–Kier alpha value is -3.66. The molecule has 2 N–H and O–H groups in total. The van der Waals surface area contributed by atoms with Gasteiger partial charge in [-0.05, 0) is 48.9 Å². The molecule has 0 aliphatic carbocycles. The highest BCUT2D eigenvalue weighted by Gasteiger charge is 2.30. The summed E-state index contributed by atoms with van der Waals surface area (Å²) in [5.41, 5.74) is 1.74. The molecule has 166 valence electrons. The van der Waals surface area contributed by atoms with Crippen molar-refractivity contribution in [3.63, 3.8) is 0 Å². The Balaban J connectivity index is 1.60. The van der Waals surface area contributed by atoms with Crippen LogP contribution in [0.1, 0.15) is 29.3 Å². The summed E-state index contributed by atoms with van der Waals surface area (Å²) >= 11 is 1.12. The summed E-state index contributed by atoms with van der Waals surface area (Å²) in [5.74, 6) is -0.329. The van der Waals surface area contributed by atoms with Gasteiger partial charge in [0, 0.05) is 12.1 Å². The second-order valence-corrected chi connectivity index (χ2v) is 7.76. The van der Waals surface area contributed by atoms with Crippen LogP contribution in [0.25, 0.3) is 0 Å². The lowest BCUT2D eigenvalue weighted by Gasteiger charge is -2.21. The number of esters is 1. The van der Waals surface area contributed by atoms with Gasteiger partial charge in [-0.25, -0.2) is 4.79 Å². The standard InChI is InChI=1S/C22H22N4O5S/c1-3-31-17-10-8-16(9-11-17)24-20(28)18-12-19(27)25-22(32-18)26-23-13-14-4-6-15(7-5-14)21(29)30-2/h4-11,13,18H,3,12H2,1-2H3,(H,24,28)(H,25,26,27)/b23-13-/t18-/m0/s1. The van der Waals surface area contributed by atoms with Crippen molar-refractivity contribution in [3.8, 4) is 5.75 Å². The molecule has 1 aliphatic rings. The van der Waals surface area contributed by atoms with Gasteiger partial charge in [0.05, 0.1) is 25.5 Å². The molecule has 1 saturated heterocycles. The Bertz CT molecular complexity index is 1040. The zero-order chi connectivity index (χ0) is 22.9. The molecule has 0 bridgehead atoms. The van der Waals surface area contributed by atoms with Crippen LogP contribution in [0.2, 0.25) is 0 Å². The molecule has 9 nitrogen and oxygen atoms in total. The van der Waals surface area contributed by atoms with E-state index in [0.717, 1.165) is 11.8 Å². The third-order valence-electron chi connectivity index (χ3n) is 4.28. The smallest absolute Gasteiger partial charge is 0.337 e. The number of hydrogen-bond donors (Lipinski definition) is 2. The topological polar surface area (TPSA) is 118 Å². The molecular formula is C22H22N4O5S. The minimum absolute atomic E-state index is 0.0330. The maximum atomic E-state index is 12.6. The fraction of sp³-hybridized carbons (Fsp3) is 0.227. The second kappa shape index (κ2) is 11.1. The third kappa shape index (κ3) is 6.42. The number of amides is 2. The van der Waals surface area contributed by atoms with Crippen LogP contribution in [0, 0.1) is 0 Å². The van der Waals surface area contributed by atoms with Crippen molar-refractivity contribution in [3.05, 3.63) is 59.7 Å². The first-order valence-corrected chi connectivity index (χ1v) is 10.7. The maximum absolute atomic E-state index is 12.6. The van der Waals surface area contributed by atoms with E-state index in [2.05, 4.69) is 25.6 Å². The summed E-state index contributed by atoms with van der Waals surface area (Å²) in [4.78, 5) is 36.1. The first kappa shape index (κ1) is 23.0. The molecule has 2 aromatic rings. The number of hydrogen-bond acceptors (Lipinski definition) is 8. The zero-order valence-electron chi connectivity index (χ0n) is 17.5. The van der Waals surface area contributed by atoms with Crippen LogP contribution < -0.4 is 15.4 Å². The Kier molecular flexibility index (Phi) is 7.98. The lowest BCUT2D eigenvalue weighted by Crippen LogP contribution is -2.41.